The minimum atomic E-state index is -4.33. The van der Waals surface area contributed by atoms with E-state index in [2.05, 4.69) is 4.90 Å². The third-order valence-corrected chi connectivity index (χ3v) is 4.67. The van der Waals surface area contributed by atoms with Crippen LogP contribution < -0.4 is 4.90 Å². The van der Waals surface area contributed by atoms with Crippen molar-refractivity contribution in [3.63, 3.8) is 0 Å². The highest BCUT2D eigenvalue weighted by atomic mass is 19.4. The quantitative estimate of drug-likeness (QED) is 0.758. The van der Waals surface area contributed by atoms with Crippen LogP contribution in [-0.4, -0.2) is 44.2 Å². The number of ether oxygens (including phenoxy) is 1. The van der Waals surface area contributed by atoms with Gasteiger partial charge >= 0.3 is 12.1 Å². The second-order valence-electron chi connectivity index (χ2n) is 6.50. The summed E-state index contributed by atoms with van der Waals surface area (Å²) in [6.07, 6.45) is -4.33. The maximum atomic E-state index is 12.9. The second kappa shape index (κ2) is 8.00. The first-order valence-corrected chi connectivity index (χ1v) is 8.68. The van der Waals surface area contributed by atoms with Crippen LogP contribution in [-0.2, 0) is 17.5 Å². The Morgan fingerprint density at radius 1 is 1.04 bits per heavy atom. The van der Waals surface area contributed by atoms with Crippen LogP contribution in [0.4, 0.5) is 18.9 Å². The number of carbonyl (C=O) groups is 1. The van der Waals surface area contributed by atoms with Gasteiger partial charge in [0.1, 0.15) is 0 Å². The molecule has 1 aliphatic rings. The van der Waals surface area contributed by atoms with E-state index < -0.39 is 11.7 Å². The van der Waals surface area contributed by atoms with Gasteiger partial charge in [-0.15, -0.1) is 0 Å². The number of methoxy groups -OCH3 is 1. The number of alkyl halides is 3. The summed E-state index contributed by atoms with van der Waals surface area (Å²) in [4.78, 5) is 15.8. The van der Waals surface area contributed by atoms with E-state index in [-0.39, 0.29) is 5.97 Å². The smallest absolute Gasteiger partial charge is 0.416 e. The minimum absolute atomic E-state index is 0.369. The van der Waals surface area contributed by atoms with Crippen LogP contribution >= 0.6 is 0 Å². The number of halogens is 3. The summed E-state index contributed by atoms with van der Waals surface area (Å²) in [6, 6.07) is 12.7. The lowest BCUT2D eigenvalue weighted by Gasteiger charge is -2.36. The Hall–Kier alpha value is -2.54. The molecule has 7 heteroatoms. The van der Waals surface area contributed by atoms with E-state index in [4.69, 9.17) is 4.74 Å². The van der Waals surface area contributed by atoms with Crippen LogP contribution in [0.2, 0.25) is 0 Å². The molecular formula is C20H21F3N2O2. The third-order valence-electron chi connectivity index (χ3n) is 4.67. The average molecular weight is 378 g/mol. The fourth-order valence-corrected chi connectivity index (χ4v) is 3.22. The zero-order chi connectivity index (χ0) is 19.4. The summed E-state index contributed by atoms with van der Waals surface area (Å²) in [7, 11) is 1.35. The molecule has 0 bridgehead atoms. The molecule has 4 nitrogen and oxygen atoms in total. The highest BCUT2D eigenvalue weighted by molar-refractivity contribution is 5.89. The summed E-state index contributed by atoms with van der Waals surface area (Å²) in [5, 5.41) is 0. The van der Waals surface area contributed by atoms with Gasteiger partial charge in [0, 0.05) is 38.4 Å². The molecule has 0 N–H and O–H groups in total. The van der Waals surface area contributed by atoms with Crippen LogP contribution in [0.3, 0.4) is 0 Å². The maximum absolute atomic E-state index is 12.9. The number of nitrogens with zero attached hydrogens (tertiary/aromatic N) is 2. The van der Waals surface area contributed by atoms with Crippen molar-refractivity contribution in [2.24, 2.45) is 0 Å². The summed E-state index contributed by atoms with van der Waals surface area (Å²) < 4.78 is 43.4. The van der Waals surface area contributed by atoms with Crippen LogP contribution in [0.15, 0.2) is 48.5 Å². The Kier molecular flexibility index (Phi) is 5.70. The van der Waals surface area contributed by atoms with Crippen molar-refractivity contribution in [3.05, 3.63) is 65.2 Å². The standard InChI is InChI=1S/C20H21F3N2O2/c1-27-19(26)16-5-2-4-15(12-16)14-24-8-10-25(11-9-24)18-7-3-6-17(13-18)20(21,22)23/h2-7,12-13H,8-11,14H2,1H3. The van der Waals surface area contributed by atoms with Gasteiger partial charge in [0.2, 0.25) is 0 Å². The van der Waals surface area contributed by atoms with Gasteiger partial charge in [0.15, 0.2) is 0 Å². The fourth-order valence-electron chi connectivity index (χ4n) is 3.22. The van der Waals surface area contributed by atoms with Crippen LogP contribution in [0, 0.1) is 0 Å². The van der Waals surface area contributed by atoms with E-state index >= 15 is 0 Å². The Bertz CT molecular complexity index is 800. The lowest BCUT2D eigenvalue weighted by molar-refractivity contribution is -0.137. The molecule has 2 aromatic rings. The summed E-state index contributed by atoms with van der Waals surface area (Å²) in [5.41, 5.74) is 1.49. The summed E-state index contributed by atoms with van der Waals surface area (Å²) in [5.74, 6) is -0.369. The lowest BCUT2D eigenvalue weighted by Crippen LogP contribution is -2.46. The molecule has 2 aromatic carbocycles. The molecule has 0 unspecified atom stereocenters. The Morgan fingerprint density at radius 3 is 2.41 bits per heavy atom. The number of hydrogen-bond acceptors (Lipinski definition) is 4. The van der Waals surface area contributed by atoms with Gasteiger partial charge in [-0.1, -0.05) is 18.2 Å². The number of anilines is 1. The number of esters is 1. The van der Waals surface area contributed by atoms with Crippen LogP contribution in [0.5, 0.6) is 0 Å². The highest BCUT2D eigenvalue weighted by Crippen LogP contribution is 2.31. The SMILES string of the molecule is COC(=O)c1cccc(CN2CCN(c3cccc(C(F)(F)F)c3)CC2)c1. The zero-order valence-corrected chi connectivity index (χ0v) is 15.0. The van der Waals surface area contributed by atoms with Crippen molar-refractivity contribution in [1.82, 2.24) is 4.90 Å². The monoisotopic (exact) mass is 378 g/mol. The molecule has 27 heavy (non-hydrogen) atoms. The summed E-state index contributed by atoms with van der Waals surface area (Å²) in [6.45, 7) is 3.45. The number of carbonyl (C=O) groups excluding carboxylic acids is 1. The Balaban J connectivity index is 1.60. The first kappa shape index (κ1) is 19.2. The van der Waals surface area contributed by atoms with Gasteiger partial charge in [-0.3, -0.25) is 4.90 Å². The molecule has 3 rings (SSSR count). The topological polar surface area (TPSA) is 32.8 Å². The predicted molar refractivity (Wildman–Crippen MR) is 96.7 cm³/mol. The Morgan fingerprint density at radius 2 is 1.74 bits per heavy atom. The van der Waals surface area contributed by atoms with Crippen molar-refractivity contribution < 1.29 is 22.7 Å². The molecule has 144 valence electrons. The van der Waals surface area contributed by atoms with E-state index in [1.165, 1.54) is 19.2 Å². The molecule has 0 atom stereocenters. The number of rotatable bonds is 4. The maximum Gasteiger partial charge on any atom is 0.416 e. The molecule has 0 aliphatic carbocycles. The third kappa shape index (κ3) is 4.80. The predicted octanol–water partition coefficient (Wildman–Crippen LogP) is 3.81. The number of benzene rings is 2. The van der Waals surface area contributed by atoms with Crippen LogP contribution in [0.1, 0.15) is 21.5 Å². The van der Waals surface area contributed by atoms with E-state index in [1.807, 2.05) is 23.1 Å². The number of piperazine rings is 1. The zero-order valence-electron chi connectivity index (χ0n) is 15.0. The van der Waals surface area contributed by atoms with Gasteiger partial charge in [0.05, 0.1) is 18.2 Å². The molecule has 0 spiro atoms. The molecule has 0 amide bonds. The van der Waals surface area contributed by atoms with Gasteiger partial charge in [-0.05, 0) is 35.9 Å². The normalized spacial score (nSPS) is 15.6. The number of hydrogen-bond donors (Lipinski definition) is 0. The first-order valence-electron chi connectivity index (χ1n) is 8.68. The molecular weight excluding hydrogens is 357 g/mol. The first-order chi connectivity index (χ1) is 12.9. The lowest BCUT2D eigenvalue weighted by atomic mass is 10.1. The van der Waals surface area contributed by atoms with Crippen molar-refractivity contribution >= 4 is 11.7 Å². The van der Waals surface area contributed by atoms with Gasteiger partial charge in [0.25, 0.3) is 0 Å². The van der Waals surface area contributed by atoms with Gasteiger partial charge in [-0.2, -0.15) is 13.2 Å². The molecule has 1 saturated heterocycles. The average Bonchev–Trinajstić information content (AvgIpc) is 2.67. The Labute approximate surface area is 156 Å². The molecule has 1 aliphatic heterocycles. The molecule has 1 fully saturated rings. The molecule has 0 saturated carbocycles. The van der Waals surface area contributed by atoms with Crippen molar-refractivity contribution in [1.29, 1.82) is 0 Å². The van der Waals surface area contributed by atoms with Gasteiger partial charge < -0.3 is 9.64 Å². The minimum Gasteiger partial charge on any atom is -0.465 e. The van der Waals surface area contributed by atoms with Crippen LogP contribution in [0.25, 0.3) is 0 Å². The molecule has 0 aromatic heterocycles. The largest absolute Gasteiger partial charge is 0.465 e. The van der Waals surface area contributed by atoms with E-state index in [9.17, 15) is 18.0 Å². The van der Waals surface area contributed by atoms with Crippen molar-refractivity contribution in [3.8, 4) is 0 Å². The van der Waals surface area contributed by atoms with E-state index in [0.29, 0.717) is 30.9 Å². The van der Waals surface area contributed by atoms with Crippen molar-refractivity contribution in [2.45, 2.75) is 12.7 Å². The molecule has 0 radical (unpaired) electrons. The fraction of sp³-hybridized carbons (Fsp3) is 0.350. The van der Waals surface area contributed by atoms with E-state index in [1.54, 1.807) is 12.1 Å². The van der Waals surface area contributed by atoms with E-state index in [0.717, 1.165) is 24.7 Å². The highest BCUT2D eigenvalue weighted by Gasteiger charge is 2.31. The van der Waals surface area contributed by atoms with Crippen molar-refractivity contribution in [2.75, 3.05) is 38.2 Å². The second-order valence-corrected chi connectivity index (χ2v) is 6.50. The summed E-state index contributed by atoms with van der Waals surface area (Å²) >= 11 is 0. The van der Waals surface area contributed by atoms with Gasteiger partial charge in [-0.25, -0.2) is 4.79 Å². The molecule has 1 heterocycles.